The fourth-order valence-electron chi connectivity index (χ4n) is 3.56. The Morgan fingerprint density at radius 2 is 1.67 bits per heavy atom. The van der Waals surface area contributed by atoms with Crippen LogP contribution in [-0.4, -0.2) is 56.6 Å². The molecule has 0 radical (unpaired) electrons. The van der Waals surface area contributed by atoms with Crippen molar-refractivity contribution in [3.8, 4) is 0 Å². The van der Waals surface area contributed by atoms with Crippen LogP contribution >= 0.6 is 11.8 Å². The molecule has 0 saturated carbocycles. The molecule has 2 aromatic rings. The number of hydrogen-bond acceptors (Lipinski definition) is 6. The van der Waals surface area contributed by atoms with Gasteiger partial charge in [-0.05, 0) is 49.2 Å². The highest BCUT2D eigenvalue weighted by Crippen LogP contribution is 2.34. The Labute approximate surface area is 180 Å². The quantitative estimate of drug-likeness (QED) is 0.657. The van der Waals surface area contributed by atoms with E-state index in [1.807, 2.05) is 24.3 Å². The van der Waals surface area contributed by atoms with Crippen molar-refractivity contribution in [1.29, 1.82) is 0 Å². The maximum atomic E-state index is 12.6. The number of rotatable bonds is 5. The van der Waals surface area contributed by atoms with Crippen LogP contribution in [-0.2, 0) is 19.6 Å². The average Bonchev–Trinajstić information content (AvgIpc) is 3.33. The van der Waals surface area contributed by atoms with Gasteiger partial charge in [0, 0.05) is 30.3 Å². The third-order valence-corrected chi connectivity index (χ3v) is 8.10. The van der Waals surface area contributed by atoms with Crippen LogP contribution in [0.4, 0.5) is 5.69 Å². The summed E-state index contributed by atoms with van der Waals surface area (Å²) in [6, 6.07) is 13.3. The van der Waals surface area contributed by atoms with E-state index >= 15 is 0 Å². The van der Waals surface area contributed by atoms with Gasteiger partial charge in [0.25, 0.3) is 5.91 Å². The zero-order chi connectivity index (χ0) is 21.1. The molecule has 4 rings (SSSR count). The Bertz CT molecular complexity index is 1050. The van der Waals surface area contributed by atoms with Gasteiger partial charge in [0.2, 0.25) is 10.0 Å². The first-order chi connectivity index (χ1) is 14.5. The molecule has 0 unspecified atom stereocenters. The molecule has 2 heterocycles. The summed E-state index contributed by atoms with van der Waals surface area (Å²) in [5.74, 6) is -0.165. The standard InChI is InChI=1S/C21H22N2O5S2/c24-20(23-13-14-29-19-6-2-1-5-18(19)23)15-28-21(25)16-7-9-17(10-8-16)30(26,27)22-11-3-4-12-22/h1-2,5-10H,3-4,11-15H2. The van der Waals surface area contributed by atoms with Gasteiger partial charge in [-0.3, -0.25) is 4.79 Å². The number of nitrogens with zero attached hydrogens (tertiary/aromatic N) is 2. The molecule has 1 amide bonds. The molecule has 2 aliphatic heterocycles. The smallest absolute Gasteiger partial charge is 0.338 e. The molecule has 1 fully saturated rings. The molecule has 0 spiro atoms. The number of para-hydroxylation sites is 1. The van der Waals surface area contributed by atoms with Gasteiger partial charge in [-0.25, -0.2) is 13.2 Å². The third-order valence-electron chi connectivity index (χ3n) is 5.15. The highest BCUT2D eigenvalue weighted by atomic mass is 32.2. The molecular formula is C21H22N2O5S2. The molecule has 9 heteroatoms. The lowest BCUT2D eigenvalue weighted by atomic mass is 10.2. The van der Waals surface area contributed by atoms with Gasteiger partial charge in [0.1, 0.15) is 0 Å². The number of benzene rings is 2. The summed E-state index contributed by atoms with van der Waals surface area (Å²) in [5, 5.41) is 0. The van der Waals surface area contributed by atoms with Crippen molar-refractivity contribution >= 4 is 39.3 Å². The molecule has 2 aromatic carbocycles. The van der Waals surface area contributed by atoms with E-state index in [2.05, 4.69) is 0 Å². The van der Waals surface area contributed by atoms with E-state index in [4.69, 9.17) is 4.74 Å². The predicted molar refractivity (Wildman–Crippen MR) is 114 cm³/mol. The maximum Gasteiger partial charge on any atom is 0.338 e. The monoisotopic (exact) mass is 446 g/mol. The largest absolute Gasteiger partial charge is 0.452 e. The molecule has 0 atom stereocenters. The van der Waals surface area contributed by atoms with Crippen molar-refractivity contribution in [3.63, 3.8) is 0 Å². The van der Waals surface area contributed by atoms with Crippen molar-refractivity contribution in [1.82, 2.24) is 4.31 Å². The summed E-state index contributed by atoms with van der Waals surface area (Å²) in [5.41, 5.74) is 1.03. The first kappa shape index (κ1) is 20.9. The van der Waals surface area contributed by atoms with Gasteiger partial charge in [-0.15, -0.1) is 11.8 Å². The topological polar surface area (TPSA) is 84.0 Å². The van der Waals surface area contributed by atoms with Crippen LogP contribution in [0.5, 0.6) is 0 Å². The van der Waals surface area contributed by atoms with E-state index in [9.17, 15) is 18.0 Å². The van der Waals surface area contributed by atoms with Crippen LogP contribution < -0.4 is 4.90 Å². The number of carbonyl (C=O) groups is 2. The number of esters is 1. The van der Waals surface area contributed by atoms with E-state index in [0.717, 1.165) is 29.2 Å². The summed E-state index contributed by atoms with van der Waals surface area (Å²) >= 11 is 1.69. The van der Waals surface area contributed by atoms with Crippen LogP contribution in [0.15, 0.2) is 58.3 Å². The van der Waals surface area contributed by atoms with Crippen molar-refractivity contribution in [2.45, 2.75) is 22.6 Å². The minimum atomic E-state index is -3.53. The molecular weight excluding hydrogens is 424 g/mol. The van der Waals surface area contributed by atoms with E-state index < -0.39 is 16.0 Å². The highest BCUT2D eigenvalue weighted by Gasteiger charge is 2.27. The first-order valence-electron chi connectivity index (χ1n) is 9.76. The van der Waals surface area contributed by atoms with Gasteiger partial charge in [-0.1, -0.05) is 12.1 Å². The number of anilines is 1. The first-order valence-corrected chi connectivity index (χ1v) is 12.2. The van der Waals surface area contributed by atoms with E-state index in [-0.39, 0.29) is 23.0 Å². The third kappa shape index (κ3) is 4.23. The van der Waals surface area contributed by atoms with Crippen LogP contribution in [0.2, 0.25) is 0 Å². The molecule has 0 aromatic heterocycles. The minimum Gasteiger partial charge on any atom is -0.452 e. The maximum absolute atomic E-state index is 12.6. The lowest BCUT2D eigenvalue weighted by Crippen LogP contribution is -2.38. The summed E-state index contributed by atoms with van der Waals surface area (Å²) in [6.07, 6.45) is 1.72. The zero-order valence-electron chi connectivity index (χ0n) is 16.3. The lowest BCUT2D eigenvalue weighted by Gasteiger charge is -2.28. The van der Waals surface area contributed by atoms with Gasteiger partial charge in [-0.2, -0.15) is 4.31 Å². The molecule has 2 aliphatic rings. The van der Waals surface area contributed by atoms with Gasteiger partial charge in [0.15, 0.2) is 6.61 Å². The lowest BCUT2D eigenvalue weighted by molar-refractivity contribution is -0.121. The van der Waals surface area contributed by atoms with Crippen molar-refractivity contribution in [2.24, 2.45) is 0 Å². The molecule has 0 bridgehead atoms. The zero-order valence-corrected chi connectivity index (χ0v) is 18.0. The number of carbonyl (C=O) groups excluding carboxylic acids is 2. The Balaban J connectivity index is 1.38. The summed E-state index contributed by atoms with van der Waals surface area (Å²) < 4.78 is 31.8. The number of thioether (sulfide) groups is 1. The second kappa shape index (κ2) is 8.79. The number of fused-ring (bicyclic) bond motifs is 1. The molecule has 158 valence electrons. The van der Waals surface area contributed by atoms with E-state index in [0.29, 0.717) is 19.6 Å². The Kier molecular flexibility index (Phi) is 6.12. The predicted octanol–water partition coefficient (Wildman–Crippen LogP) is 2.77. The normalized spacial score (nSPS) is 16.9. The van der Waals surface area contributed by atoms with Gasteiger partial charge < -0.3 is 9.64 Å². The number of sulfonamides is 1. The fourth-order valence-corrected chi connectivity index (χ4v) is 6.07. The van der Waals surface area contributed by atoms with Gasteiger partial charge >= 0.3 is 5.97 Å². The van der Waals surface area contributed by atoms with E-state index in [1.165, 1.54) is 28.6 Å². The number of amides is 1. The molecule has 0 aliphatic carbocycles. The van der Waals surface area contributed by atoms with Crippen LogP contribution in [0.3, 0.4) is 0 Å². The molecule has 30 heavy (non-hydrogen) atoms. The molecule has 0 N–H and O–H groups in total. The van der Waals surface area contributed by atoms with Crippen molar-refractivity contribution < 1.29 is 22.7 Å². The van der Waals surface area contributed by atoms with E-state index in [1.54, 1.807) is 16.7 Å². The number of ether oxygens (including phenoxy) is 1. The summed E-state index contributed by atoms with van der Waals surface area (Å²) in [6.45, 7) is 1.23. The second-order valence-electron chi connectivity index (χ2n) is 7.07. The van der Waals surface area contributed by atoms with Crippen LogP contribution in [0.1, 0.15) is 23.2 Å². The Morgan fingerprint density at radius 1 is 0.967 bits per heavy atom. The average molecular weight is 447 g/mol. The Hall–Kier alpha value is -2.36. The fraction of sp³-hybridized carbons (Fsp3) is 0.333. The van der Waals surface area contributed by atoms with Gasteiger partial charge in [0.05, 0.1) is 16.1 Å². The number of hydrogen-bond donors (Lipinski definition) is 0. The minimum absolute atomic E-state index is 0.152. The molecule has 1 saturated heterocycles. The summed E-state index contributed by atoms with van der Waals surface area (Å²) in [7, 11) is -3.53. The Morgan fingerprint density at radius 3 is 2.40 bits per heavy atom. The second-order valence-corrected chi connectivity index (χ2v) is 10.1. The van der Waals surface area contributed by atoms with Crippen LogP contribution in [0.25, 0.3) is 0 Å². The molecule has 7 nitrogen and oxygen atoms in total. The SMILES string of the molecule is O=C(OCC(=O)N1CCSc2ccccc21)c1ccc(S(=O)(=O)N2CCCC2)cc1. The van der Waals surface area contributed by atoms with Crippen molar-refractivity contribution in [3.05, 3.63) is 54.1 Å². The highest BCUT2D eigenvalue weighted by molar-refractivity contribution is 7.99. The van der Waals surface area contributed by atoms with Crippen molar-refractivity contribution in [2.75, 3.05) is 36.9 Å². The summed E-state index contributed by atoms with van der Waals surface area (Å²) in [4.78, 5) is 27.7. The van der Waals surface area contributed by atoms with Crippen LogP contribution in [0, 0.1) is 0 Å².